The number of tetrazole rings is 1. The van der Waals surface area contributed by atoms with Gasteiger partial charge in [0, 0.05) is 30.2 Å². The molecule has 232 valence electrons. The van der Waals surface area contributed by atoms with E-state index in [1.54, 1.807) is 25.1 Å². The summed E-state index contributed by atoms with van der Waals surface area (Å²) in [7, 11) is 0. The summed E-state index contributed by atoms with van der Waals surface area (Å²) in [6, 6.07) is 13.6. The Labute approximate surface area is 262 Å². The lowest BCUT2D eigenvalue weighted by Crippen LogP contribution is -2.35. The lowest BCUT2D eigenvalue weighted by molar-refractivity contribution is -0.0712. The summed E-state index contributed by atoms with van der Waals surface area (Å²) in [6.07, 6.45) is 2.85. The van der Waals surface area contributed by atoms with Gasteiger partial charge in [-0.3, -0.25) is 4.90 Å². The molecule has 2 atom stereocenters. The number of nitrogens with one attached hydrogen (secondary N) is 1. The highest BCUT2D eigenvalue weighted by molar-refractivity contribution is 6.30. The lowest BCUT2D eigenvalue weighted by Gasteiger charge is -2.33. The number of hydrogen-bond donors (Lipinski definition) is 1. The van der Waals surface area contributed by atoms with E-state index in [0.29, 0.717) is 40.7 Å². The van der Waals surface area contributed by atoms with E-state index in [1.165, 1.54) is 12.1 Å². The Bertz CT molecular complexity index is 1890. The van der Waals surface area contributed by atoms with Gasteiger partial charge in [-0.1, -0.05) is 23.7 Å². The average Bonchev–Trinajstić information content (AvgIpc) is 3.72. The van der Waals surface area contributed by atoms with E-state index >= 15 is 4.39 Å². The SMILES string of the molecule is CC1(c2ccc(Cl)cc2F)Oc2cccc(C3CCN(Cc4nc5cc(-c6nnn[nH]6)c(F)cc5n4C[C@@H]4CCO4)CC3)c2O1. The largest absolute Gasteiger partial charge is 0.444 e. The van der Waals surface area contributed by atoms with Gasteiger partial charge in [0.15, 0.2) is 17.3 Å². The predicted octanol–water partition coefficient (Wildman–Crippen LogP) is 5.96. The number of rotatable bonds is 7. The molecule has 10 nitrogen and oxygen atoms in total. The van der Waals surface area contributed by atoms with Crippen LogP contribution >= 0.6 is 11.6 Å². The van der Waals surface area contributed by atoms with Crippen LogP contribution in [0.4, 0.5) is 8.78 Å². The highest BCUT2D eigenvalue weighted by Crippen LogP contribution is 2.50. The molecule has 1 N–H and O–H groups in total. The number of nitrogens with zero attached hydrogens (tertiary/aromatic N) is 6. The Kier molecular flexibility index (Phi) is 6.95. The van der Waals surface area contributed by atoms with Crippen LogP contribution in [0.1, 0.15) is 49.1 Å². The lowest BCUT2D eigenvalue weighted by atomic mass is 9.88. The van der Waals surface area contributed by atoms with Crippen LogP contribution in [0.3, 0.4) is 0 Å². The summed E-state index contributed by atoms with van der Waals surface area (Å²) in [4.78, 5) is 7.33. The number of fused-ring (bicyclic) bond motifs is 2. The molecule has 2 saturated heterocycles. The molecule has 1 unspecified atom stereocenters. The van der Waals surface area contributed by atoms with Crippen LogP contribution in [0.25, 0.3) is 22.4 Å². The predicted molar refractivity (Wildman–Crippen MR) is 161 cm³/mol. The first-order valence-electron chi connectivity index (χ1n) is 15.1. The first kappa shape index (κ1) is 28.4. The zero-order chi connectivity index (χ0) is 30.7. The first-order valence-corrected chi connectivity index (χ1v) is 15.5. The fourth-order valence-corrected chi connectivity index (χ4v) is 6.80. The van der Waals surface area contributed by atoms with Gasteiger partial charge in [-0.2, -0.15) is 0 Å². The van der Waals surface area contributed by atoms with Crippen molar-refractivity contribution in [1.82, 2.24) is 35.1 Å². The van der Waals surface area contributed by atoms with E-state index in [9.17, 15) is 4.39 Å². The van der Waals surface area contributed by atoms with Crippen LogP contribution in [0.15, 0.2) is 48.5 Å². The van der Waals surface area contributed by atoms with E-state index in [4.69, 9.17) is 30.8 Å². The molecule has 2 aromatic heterocycles. The number of aromatic amines is 1. The smallest absolute Gasteiger partial charge is 0.278 e. The van der Waals surface area contributed by atoms with Crippen molar-refractivity contribution in [3.63, 3.8) is 0 Å². The molecular formula is C32H30ClF2N7O3. The van der Waals surface area contributed by atoms with Gasteiger partial charge >= 0.3 is 0 Å². The minimum atomic E-state index is -1.29. The molecule has 3 aromatic carbocycles. The fourth-order valence-electron chi connectivity index (χ4n) is 6.65. The second-order valence-corrected chi connectivity index (χ2v) is 12.4. The number of H-pyrrole nitrogens is 1. The quantitative estimate of drug-likeness (QED) is 0.234. The third kappa shape index (κ3) is 5.10. The number of aromatic nitrogens is 6. The number of benzene rings is 3. The van der Waals surface area contributed by atoms with E-state index in [-0.39, 0.29) is 23.4 Å². The first-order chi connectivity index (χ1) is 21.8. The number of imidazole rings is 1. The number of piperidine rings is 1. The van der Waals surface area contributed by atoms with Gasteiger partial charge in [0.1, 0.15) is 17.5 Å². The average molecular weight is 634 g/mol. The van der Waals surface area contributed by atoms with Crippen LogP contribution in [-0.4, -0.2) is 60.9 Å². The minimum Gasteiger partial charge on any atom is -0.444 e. The number of para-hydroxylation sites is 1. The van der Waals surface area contributed by atoms with Gasteiger partial charge in [-0.05, 0) is 79.0 Å². The van der Waals surface area contributed by atoms with Gasteiger partial charge in [0.2, 0.25) is 0 Å². The number of likely N-dealkylation sites (tertiary alicyclic amines) is 1. The number of hydrogen-bond acceptors (Lipinski definition) is 8. The fraction of sp³-hybridized carbons (Fsp3) is 0.375. The van der Waals surface area contributed by atoms with Crippen LogP contribution in [0, 0.1) is 11.6 Å². The van der Waals surface area contributed by atoms with Crippen molar-refractivity contribution in [3.8, 4) is 22.9 Å². The van der Waals surface area contributed by atoms with E-state index in [0.717, 1.165) is 55.9 Å². The Morgan fingerprint density at radius 1 is 1.04 bits per heavy atom. The summed E-state index contributed by atoms with van der Waals surface area (Å²) < 4.78 is 50.4. The molecule has 0 saturated carbocycles. The molecule has 0 spiro atoms. The molecule has 0 radical (unpaired) electrons. The van der Waals surface area contributed by atoms with E-state index < -0.39 is 17.4 Å². The maximum absolute atomic E-state index is 15.2. The summed E-state index contributed by atoms with van der Waals surface area (Å²) >= 11 is 5.98. The third-order valence-electron chi connectivity index (χ3n) is 9.12. The molecule has 3 aliphatic rings. The topological polar surface area (TPSA) is 103 Å². The van der Waals surface area contributed by atoms with Gasteiger partial charge in [0.05, 0.1) is 41.4 Å². The van der Waals surface area contributed by atoms with Crippen LogP contribution in [0.2, 0.25) is 5.02 Å². The van der Waals surface area contributed by atoms with Crippen molar-refractivity contribution in [1.29, 1.82) is 0 Å². The zero-order valence-electron chi connectivity index (χ0n) is 24.5. The Hall–Kier alpha value is -4.13. The van der Waals surface area contributed by atoms with Gasteiger partial charge in [-0.15, -0.1) is 5.10 Å². The number of halogens is 3. The molecular weight excluding hydrogens is 604 g/mol. The van der Waals surface area contributed by atoms with Crippen molar-refractivity contribution in [2.45, 2.75) is 57.1 Å². The standard InChI is InChI=1S/C32H30ClF2N7O3/c1-32(23-6-5-19(33)13-25(23)35)44-28-4-2-3-21(30(28)45-32)18-7-10-41(11-8-18)17-29-36-26-14-22(31-37-39-40-38-31)24(34)15-27(26)42(29)16-20-9-12-43-20/h2-6,13-15,18,20H,7-12,16-17H2,1H3,(H,37,38,39,40)/t20-,32?/m0/s1. The highest BCUT2D eigenvalue weighted by atomic mass is 35.5. The van der Waals surface area contributed by atoms with Crippen LogP contribution in [0.5, 0.6) is 11.5 Å². The van der Waals surface area contributed by atoms with E-state index in [2.05, 4.69) is 36.2 Å². The molecule has 3 aliphatic heterocycles. The van der Waals surface area contributed by atoms with Crippen molar-refractivity contribution < 1.29 is 23.0 Å². The van der Waals surface area contributed by atoms with Crippen molar-refractivity contribution in [2.75, 3.05) is 19.7 Å². The Balaban J connectivity index is 1.01. The Morgan fingerprint density at radius 2 is 1.89 bits per heavy atom. The molecule has 13 heteroatoms. The van der Waals surface area contributed by atoms with Crippen LogP contribution in [-0.2, 0) is 23.6 Å². The summed E-state index contributed by atoms with van der Waals surface area (Å²) in [6.45, 7) is 5.38. The molecule has 0 bridgehead atoms. The van der Waals surface area contributed by atoms with Crippen molar-refractivity contribution in [2.24, 2.45) is 0 Å². The summed E-state index contributed by atoms with van der Waals surface area (Å²) in [5.41, 5.74) is 3.04. The van der Waals surface area contributed by atoms with Crippen LogP contribution < -0.4 is 9.47 Å². The van der Waals surface area contributed by atoms with Crippen molar-refractivity contribution in [3.05, 3.63) is 82.1 Å². The Morgan fingerprint density at radius 3 is 2.62 bits per heavy atom. The van der Waals surface area contributed by atoms with Gasteiger partial charge < -0.3 is 18.8 Å². The molecule has 0 aliphatic carbocycles. The molecule has 5 aromatic rings. The monoisotopic (exact) mass is 633 g/mol. The summed E-state index contributed by atoms with van der Waals surface area (Å²) in [5, 5.41) is 14.0. The maximum atomic E-state index is 15.2. The summed E-state index contributed by atoms with van der Waals surface area (Å²) in [5.74, 6) is 0.449. The zero-order valence-corrected chi connectivity index (χ0v) is 25.2. The van der Waals surface area contributed by atoms with E-state index in [1.807, 2.05) is 12.1 Å². The molecule has 8 rings (SSSR count). The second-order valence-electron chi connectivity index (χ2n) is 12.0. The van der Waals surface area contributed by atoms with Gasteiger partial charge in [-0.25, -0.2) is 18.9 Å². The minimum absolute atomic E-state index is 0.0857. The second kappa shape index (κ2) is 11.0. The van der Waals surface area contributed by atoms with Crippen molar-refractivity contribution >= 4 is 22.6 Å². The maximum Gasteiger partial charge on any atom is 0.278 e. The number of ether oxygens (including phenoxy) is 3. The molecule has 2 fully saturated rings. The molecule has 0 amide bonds. The highest BCUT2D eigenvalue weighted by Gasteiger charge is 2.43. The normalized spacial score (nSPS) is 21.8. The third-order valence-corrected chi connectivity index (χ3v) is 9.35. The van der Waals surface area contributed by atoms with Gasteiger partial charge in [0.25, 0.3) is 5.79 Å². The molecule has 5 heterocycles. The molecule has 45 heavy (non-hydrogen) atoms.